The molecule has 0 aromatic carbocycles. The molecule has 110 valence electrons. The third kappa shape index (κ3) is 2.63. The Balaban J connectivity index is 6.38. The van der Waals surface area contributed by atoms with Crippen LogP contribution in [0.2, 0.25) is 0 Å². The smallest absolute Gasteiger partial charge is 0.344 e. The van der Waals surface area contributed by atoms with Gasteiger partial charge in [0.1, 0.15) is 5.41 Å². The zero-order valence-electron chi connectivity index (χ0n) is 10.2. The first kappa shape index (κ1) is 17.6. The van der Waals surface area contributed by atoms with Crippen LogP contribution in [0.25, 0.3) is 0 Å². The van der Waals surface area contributed by atoms with E-state index < -0.39 is 48.9 Å². The van der Waals surface area contributed by atoms with E-state index in [9.17, 15) is 28.7 Å². The predicted molar refractivity (Wildman–Crippen MR) is 60.7 cm³/mol. The molecule has 2 unspecified atom stereocenters. The number of carbonyl (C=O) groups is 3. The maximum atomic E-state index is 11.5. The number of carboxylic acids is 3. The molecule has 0 bridgehead atoms. The lowest BCUT2D eigenvalue weighted by Gasteiger charge is -2.41. The Labute approximate surface area is 108 Å². The van der Waals surface area contributed by atoms with E-state index >= 15 is 0 Å². The minimum Gasteiger partial charge on any atom is -0.481 e. The summed E-state index contributed by atoms with van der Waals surface area (Å²) in [6.45, 7) is 1.79. The molecule has 19 heavy (non-hydrogen) atoms. The molecule has 0 saturated heterocycles. The maximum absolute atomic E-state index is 11.5. The third-order valence-corrected chi connectivity index (χ3v) is 5.25. The van der Waals surface area contributed by atoms with E-state index in [0.717, 1.165) is 6.92 Å². The van der Waals surface area contributed by atoms with Crippen molar-refractivity contribution in [1.82, 2.24) is 0 Å². The highest BCUT2D eigenvalue weighted by Gasteiger charge is 2.68. The topological polar surface area (TPSA) is 169 Å². The lowest BCUT2D eigenvalue weighted by Crippen LogP contribution is -2.56. The van der Waals surface area contributed by atoms with Crippen molar-refractivity contribution in [2.24, 2.45) is 5.41 Å². The summed E-state index contributed by atoms with van der Waals surface area (Å²) in [4.78, 5) is 51.8. The highest BCUT2D eigenvalue weighted by Crippen LogP contribution is 2.62. The van der Waals surface area contributed by atoms with Crippen molar-refractivity contribution >= 4 is 25.5 Å². The van der Waals surface area contributed by atoms with Gasteiger partial charge in [0.25, 0.3) is 0 Å². The molecule has 0 heterocycles. The second-order valence-corrected chi connectivity index (χ2v) is 6.12. The standard InChI is InChI=1S/C9H15O9P/c1-3-9(7(14)15,19(16,17)18)8(2,6(12)13)4-5(10)11/h3-4H2,1-2H3,(H,10,11)(H,12,13)(H,14,15)(H2,16,17,18). The van der Waals surface area contributed by atoms with Gasteiger partial charge in [0.15, 0.2) is 5.16 Å². The molecule has 0 amide bonds. The maximum Gasteiger partial charge on any atom is 0.344 e. The Morgan fingerprint density at radius 1 is 1.05 bits per heavy atom. The number of carboxylic acid groups (broad SMARTS) is 3. The second kappa shape index (κ2) is 5.28. The van der Waals surface area contributed by atoms with Crippen LogP contribution in [0.4, 0.5) is 0 Å². The molecule has 2 atom stereocenters. The number of aliphatic carboxylic acids is 3. The van der Waals surface area contributed by atoms with Crippen LogP contribution >= 0.6 is 7.60 Å². The van der Waals surface area contributed by atoms with E-state index in [1.165, 1.54) is 0 Å². The van der Waals surface area contributed by atoms with Gasteiger partial charge in [-0.25, -0.2) is 0 Å². The lowest BCUT2D eigenvalue weighted by atomic mass is 9.72. The molecule has 5 N–H and O–H groups in total. The van der Waals surface area contributed by atoms with Crippen molar-refractivity contribution in [2.45, 2.75) is 31.8 Å². The van der Waals surface area contributed by atoms with Crippen LogP contribution in [0.15, 0.2) is 0 Å². The van der Waals surface area contributed by atoms with Gasteiger partial charge in [0.2, 0.25) is 0 Å². The van der Waals surface area contributed by atoms with Gasteiger partial charge in [-0.15, -0.1) is 0 Å². The fourth-order valence-corrected chi connectivity index (χ4v) is 3.61. The van der Waals surface area contributed by atoms with E-state index in [2.05, 4.69) is 0 Å². The zero-order valence-corrected chi connectivity index (χ0v) is 11.1. The molecule has 0 aliphatic carbocycles. The first-order chi connectivity index (χ1) is 8.36. The van der Waals surface area contributed by atoms with Gasteiger partial charge in [-0.2, -0.15) is 0 Å². The van der Waals surface area contributed by atoms with Gasteiger partial charge in [0.05, 0.1) is 6.42 Å². The van der Waals surface area contributed by atoms with Crippen LogP contribution < -0.4 is 0 Å². The van der Waals surface area contributed by atoms with Crippen LogP contribution in [-0.4, -0.2) is 48.2 Å². The summed E-state index contributed by atoms with van der Waals surface area (Å²) in [5.41, 5.74) is -2.65. The minimum absolute atomic E-state index is 0.708. The third-order valence-electron chi connectivity index (χ3n) is 3.25. The number of hydrogen-bond donors (Lipinski definition) is 5. The minimum atomic E-state index is -5.44. The van der Waals surface area contributed by atoms with Crippen molar-refractivity contribution in [3.8, 4) is 0 Å². The summed E-state index contributed by atoms with van der Waals surface area (Å²) in [5, 5.41) is 23.9. The summed E-state index contributed by atoms with van der Waals surface area (Å²) in [6, 6.07) is 0. The molecule has 0 aromatic heterocycles. The van der Waals surface area contributed by atoms with E-state index in [0.29, 0.717) is 6.92 Å². The Morgan fingerprint density at radius 2 is 1.47 bits per heavy atom. The normalized spacial score (nSPS) is 18.1. The lowest BCUT2D eigenvalue weighted by molar-refractivity contribution is -0.164. The summed E-state index contributed by atoms with van der Waals surface area (Å²) in [5.74, 6) is -5.62. The number of hydrogen-bond acceptors (Lipinski definition) is 4. The SMILES string of the molecule is CCC(C(=O)O)(C(C)(CC(=O)O)C(=O)O)P(=O)(O)O. The molecule has 0 aliphatic rings. The van der Waals surface area contributed by atoms with Gasteiger partial charge in [-0.1, -0.05) is 6.92 Å². The fourth-order valence-electron chi connectivity index (χ4n) is 2.13. The Morgan fingerprint density at radius 3 is 1.63 bits per heavy atom. The molecule has 0 aliphatic heterocycles. The van der Waals surface area contributed by atoms with Gasteiger partial charge in [-0.3, -0.25) is 18.9 Å². The Bertz CT molecular complexity index is 453. The summed E-state index contributed by atoms with van der Waals surface area (Å²) < 4.78 is 11.5. The fraction of sp³-hybridized carbons (Fsp3) is 0.667. The van der Waals surface area contributed by atoms with Crippen LogP contribution in [0.3, 0.4) is 0 Å². The number of rotatable bonds is 7. The molecular weight excluding hydrogens is 283 g/mol. The first-order valence-corrected chi connectivity index (χ1v) is 6.72. The zero-order chi connectivity index (χ0) is 15.6. The molecule has 0 aromatic rings. The van der Waals surface area contributed by atoms with E-state index in [-0.39, 0.29) is 0 Å². The average molecular weight is 298 g/mol. The summed E-state index contributed by atoms with van der Waals surface area (Å²) in [7, 11) is -5.44. The van der Waals surface area contributed by atoms with Crippen molar-refractivity contribution in [1.29, 1.82) is 0 Å². The summed E-state index contributed by atoms with van der Waals surface area (Å²) >= 11 is 0. The second-order valence-electron chi connectivity index (χ2n) is 4.27. The first-order valence-electron chi connectivity index (χ1n) is 5.11. The van der Waals surface area contributed by atoms with Crippen LogP contribution in [0, 0.1) is 5.41 Å². The van der Waals surface area contributed by atoms with Crippen molar-refractivity contribution in [2.75, 3.05) is 0 Å². The molecule has 9 nitrogen and oxygen atoms in total. The van der Waals surface area contributed by atoms with Crippen molar-refractivity contribution in [3.05, 3.63) is 0 Å². The Hall–Kier alpha value is -1.44. The van der Waals surface area contributed by atoms with Crippen molar-refractivity contribution < 1.29 is 44.1 Å². The molecule has 0 saturated carbocycles. The monoisotopic (exact) mass is 298 g/mol. The highest BCUT2D eigenvalue weighted by molar-refractivity contribution is 7.55. The predicted octanol–water partition coefficient (Wildman–Crippen LogP) is -0.0369. The quantitative estimate of drug-likeness (QED) is 0.404. The molecular formula is C9H15O9P. The molecule has 0 radical (unpaired) electrons. The largest absolute Gasteiger partial charge is 0.481 e. The van der Waals surface area contributed by atoms with E-state index in [1.54, 1.807) is 0 Å². The van der Waals surface area contributed by atoms with Crippen LogP contribution in [-0.2, 0) is 18.9 Å². The van der Waals surface area contributed by atoms with Gasteiger partial charge >= 0.3 is 25.5 Å². The van der Waals surface area contributed by atoms with Crippen molar-refractivity contribution in [3.63, 3.8) is 0 Å². The van der Waals surface area contributed by atoms with Gasteiger partial charge in [0, 0.05) is 0 Å². The van der Waals surface area contributed by atoms with Crippen LogP contribution in [0.1, 0.15) is 26.7 Å². The highest BCUT2D eigenvalue weighted by atomic mass is 31.2. The van der Waals surface area contributed by atoms with E-state index in [1.807, 2.05) is 0 Å². The molecule has 0 fully saturated rings. The van der Waals surface area contributed by atoms with Gasteiger partial charge < -0.3 is 25.1 Å². The molecule has 0 rings (SSSR count). The van der Waals surface area contributed by atoms with Crippen LogP contribution in [0.5, 0.6) is 0 Å². The molecule has 0 spiro atoms. The molecule has 10 heteroatoms. The van der Waals surface area contributed by atoms with E-state index in [4.69, 9.17) is 15.3 Å². The summed E-state index contributed by atoms with van der Waals surface area (Å²) in [6.07, 6.45) is -1.96. The van der Waals surface area contributed by atoms with Gasteiger partial charge in [-0.05, 0) is 13.3 Å². The Kier molecular flexibility index (Phi) is 4.88. The average Bonchev–Trinajstić information content (AvgIpc) is 2.14.